The number of hydrogen-bond acceptors (Lipinski definition) is 5. The van der Waals surface area contributed by atoms with E-state index in [1.165, 1.54) is 6.21 Å². The lowest BCUT2D eigenvalue weighted by atomic mass is 10.0. The van der Waals surface area contributed by atoms with Crippen molar-refractivity contribution in [2.45, 2.75) is 33.2 Å². The fourth-order valence-corrected chi connectivity index (χ4v) is 3.29. The molecule has 0 heterocycles. The average molecular weight is 514 g/mol. The van der Waals surface area contributed by atoms with Gasteiger partial charge in [-0.15, -0.1) is 6.42 Å². The van der Waals surface area contributed by atoms with Crippen molar-refractivity contribution in [2.75, 3.05) is 13.2 Å². The second kappa shape index (κ2) is 13.3. The van der Waals surface area contributed by atoms with Crippen LogP contribution in [0.3, 0.4) is 0 Å². The molecule has 2 rings (SSSR count). The summed E-state index contributed by atoms with van der Waals surface area (Å²) in [6, 6.07) is 12.0. The number of nitrogens with one attached hydrogen (secondary N) is 2. The van der Waals surface area contributed by atoms with E-state index in [9.17, 15) is 9.59 Å². The molecular formula is C25H28BrN3O4. The van der Waals surface area contributed by atoms with Gasteiger partial charge in [0, 0.05) is 10.0 Å². The van der Waals surface area contributed by atoms with Crippen molar-refractivity contribution in [3.05, 3.63) is 58.1 Å². The van der Waals surface area contributed by atoms with Crippen molar-refractivity contribution < 1.29 is 19.1 Å². The van der Waals surface area contributed by atoms with Gasteiger partial charge >= 0.3 is 0 Å². The SMILES string of the molecule is C#CCOc1ccc(Br)cc1/C=N\NC(=O)[C@@H](CC(C)C)NC(=O)COc1ccccc1C. The highest BCUT2D eigenvalue weighted by molar-refractivity contribution is 9.10. The fourth-order valence-electron chi connectivity index (χ4n) is 2.92. The van der Waals surface area contributed by atoms with E-state index in [1.807, 2.05) is 45.0 Å². The highest BCUT2D eigenvalue weighted by Gasteiger charge is 2.22. The molecule has 0 aliphatic carbocycles. The third kappa shape index (κ3) is 8.99. The third-order valence-electron chi connectivity index (χ3n) is 4.47. The first kappa shape index (κ1) is 25.9. The molecule has 0 bridgehead atoms. The molecule has 8 heteroatoms. The van der Waals surface area contributed by atoms with Gasteiger partial charge in [-0.05, 0) is 49.1 Å². The minimum atomic E-state index is -0.755. The number of aryl methyl sites for hydroxylation is 1. The van der Waals surface area contributed by atoms with Gasteiger partial charge < -0.3 is 14.8 Å². The Hall–Kier alpha value is -3.31. The standard InChI is InChI=1S/C25H28BrN3O4/c1-5-12-32-23-11-10-20(26)14-19(23)15-27-29-25(31)21(13-17(2)3)28-24(30)16-33-22-9-7-6-8-18(22)4/h1,6-11,14-15,17,21H,12-13,16H2,2-4H3,(H,28,30)(H,29,31)/b27-15-/t21-/m1/s1. The van der Waals surface area contributed by atoms with Crippen LogP contribution in [-0.4, -0.2) is 37.3 Å². The van der Waals surface area contributed by atoms with Crippen LogP contribution in [0.1, 0.15) is 31.4 Å². The average Bonchev–Trinajstić information content (AvgIpc) is 2.77. The molecule has 174 valence electrons. The number of para-hydroxylation sites is 1. The van der Waals surface area contributed by atoms with Gasteiger partial charge in [-0.1, -0.05) is 53.9 Å². The smallest absolute Gasteiger partial charge is 0.262 e. The number of nitrogens with zero attached hydrogens (tertiary/aromatic N) is 1. The number of ether oxygens (including phenoxy) is 2. The van der Waals surface area contributed by atoms with Gasteiger partial charge in [0.2, 0.25) is 0 Å². The van der Waals surface area contributed by atoms with Gasteiger partial charge in [-0.25, -0.2) is 5.43 Å². The largest absolute Gasteiger partial charge is 0.484 e. The normalized spacial score (nSPS) is 11.6. The van der Waals surface area contributed by atoms with Crippen molar-refractivity contribution in [3.63, 3.8) is 0 Å². The van der Waals surface area contributed by atoms with E-state index >= 15 is 0 Å². The van der Waals surface area contributed by atoms with Crippen LogP contribution in [0.4, 0.5) is 0 Å². The minimum absolute atomic E-state index is 0.113. The number of rotatable bonds is 11. The summed E-state index contributed by atoms with van der Waals surface area (Å²) >= 11 is 3.39. The lowest BCUT2D eigenvalue weighted by Crippen LogP contribution is -2.47. The Morgan fingerprint density at radius 1 is 1.18 bits per heavy atom. The maximum atomic E-state index is 12.7. The Balaban J connectivity index is 1.99. The van der Waals surface area contributed by atoms with E-state index in [2.05, 4.69) is 37.7 Å². The Morgan fingerprint density at radius 3 is 2.64 bits per heavy atom. The first-order valence-corrected chi connectivity index (χ1v) is 11.3. The van der Waals surface area contributed by atoms with Gasteiger partial charge in [0.25, 0.3) is 11.8 Å². The van der Waals surface area contributed by atoms with Gasteiger partial charge in [-0.3, -0.25) is 9.59 Å². The van der Waals surface area contributed by atoms with Crippen molar-refractivity contribution in [1.29, 1.82) is 0 Å². The summed E-state index contributed by atoms with van der Waals surface area (Å²) in [5.74, 6) is 2.93. The Kier molecular flexibility index (Phi) is 10.4. The van der Waals surface area contributed by atoms with Crippen LogP contribution in [0.15, 0.2) is 52.0 Å². The quantitative estimate of drug-likeness (QED) is 0.271. The summed E-state index contributed by atoms with van der Waals surface area (Å²) in [5.41, 5.74) is 4.05. The van der Waals surface area contributed by atoms with E-state index in [0.29, 0.717) is 23.5 Å². The van der Waals surface area contributed by atoms with E-state index < -0.39 is 11.9 Å². The first-order chi connectivity index (χ1) is 15.8. The van der Waals surface area contributed by atoms with Crippen molar-refractivity contribution in [1.82, 2.24) is 10.7 Å². The van der Waals surface area contributed by atoms with E-state index in [1.54, 1.807) is 18.2 Å². The van der Waals surface area contributed by atoms with Crippen LogP contribution in [0.5, 0.6) is 11.5 Å². The van der Waals surface area contributed by atoms with E-state index in [4.69, 9.17) is 15.9 Å². The molecule has 2 amide bonds. The monoisotopic (exact) mass is 513 g/mol. The molecule has 0 aromatic heterocycles. The molecule has 0 spiro atoms. The second-order valence-corrected chi connectivity index (χ2v) is 8.63. The number of hydrogen-bond donors (Lipinski definition) is 2. The molecule has 0 fully saturated rings. The van der Waals surface area contributed by atoms with Crippen molar-refractivity contribution in [2.24, 2.45) is 11.0 Å². The zero-order valence-electron chi connectivity index (χ0n) is 18.9. The van der Waals surface area contributed by atoms with Crippen LogP contribution in [0.25, 0.3) is 0 Å². The van der Waals surface area contributed by atoms with Crippen molar-refractivity contribution in [3.8, 4) is 23.8 Å². The molecule has 0 saturated carbocycles. The Morgan fingerprint density at radius 2 is 1.94 bits per heavy atom. The fraction of sp³-hybridized carbons (Fsp3) is 0.320. The Labute approximate surface area is 203 Å². The molecule has 2 N–H and O–H groups in total. The van der Waals surface area contributed by atoms with Crippen molar-refractivity contribution >= 4 is 34.0 Å². The molecule has 0 radical (unpaired) electrons. The zero-order valence-corrected chi connectivity index (χ0v) is 20.5. The molecule has 1 atom stereocenters. The molecule has 0 unspecified atom stereocenters. The summed E-state index contributed by atoms with van der Waals surface area (Å²) in [4.78, 5) is 25.1. The second-order valence-electron chi connectivity index (χ2n) is 7.71. The van der Waals surface area contributed by atoms with E-state index in [0.717, 1.165) is 10.0 Å². The number of benzene rings is 2. The number of hydrazone groups is 1. The van der Waals surface area contributed by atoms with Crippen LogP contribution < -0.4 is 20.2 Å². The summed E-state index contributed by atoms with van der Waals surface area (Å²) in [6.45, 7) is 5.76. The summed E-state index contributed by atoms with van der Waals surface area (Å²) in [6.07, 6.45) is 7.16. The number of halogens is 1. The number of terminal acetylenes is 1. The maximum Gasteiger partial charge on any atom is 0.262 e. The van der Waals surface area contributed by atoms with Gasteiger partial charge in [0.15, 0.2) is 6.61 Å². The van der Waals surface area contributed by atoms with Crippen LogP contribution in [0.2, 0.25) is 0 Å². The minimum Gasteiger partial charge on any atom is -0.484 e. The Bertz CT molecular complexity index is 1030. The summed E-state index contributed by atoms with van der Waals surface area (Å²) in [5, 5.41) is 6.76. The molecule has 33 heavy (non-hydrogen) atoms. The van der Waals surface area contributed by atoms with Crippen LogP contribution >= 0.6 is 15.9 Å². The predicted molar refractivity (Wildman–Crippen MR) is 132 cm³/mol. The number of carbonyl (C=O) groups excluding carboxylic acids is 2. The van der Waals surface area contributed by atoms with Crippen LogP contribution in [0, 0.1) is 25.2 Å². The lowest BCUT2D eigenvalue weighted by Gasteiger charge is -2.19. The molecule has 7 nitrogen and oxygen atoms in total. The molecule has 0 aliphatic heterocycles. The third-order valence-corrected chi connectivity index (χ3v) is 4.97. The summed E-state index contributed by atoms with van der Waals surface area (Å²) < 4.78 is 11.9. The molecule has 2 aromatic rings. The predicted octanol–water partition coefficient (Wildman–Crippen LogP) is 3.83. The molecule has 2 aromatic carbocycles. The number of carbonyl (C=O) groups is 2. The topological polar surface area (TPSA) is 89.0 Å². The highest BCUT2D eigenvalue weighted by Crippen LogP contribution is 2.21. The first-order valence-electron chi connectivity index (χ1n) is 10.5. The zero-order chi connectivity index (χ0) is 24.2. The lowest BCUT2D eigenvalue weighted by molar-refractivity contribution is -0.130. The highest BCUT2D eigenvalue weighted by atomic mass is 79.9. The van der Waals surface area contributed by atoms with E-state index in [-0.39, 0.29) is 25.0 Å². The van der Waals surface area contributed by atoms with Gasteiger partial charge in [0.1, 0.15) is 24.1 Å². The molecule has 0 saturated heterocycles. The summed E-state index contributed by atoms with van der Waals surface area (Å²) in [7, 11) is 0. The molecular weight excluding hydrogens is 486 g/mol. The van der Waals surface area contributed by atoms with Gasteiger partial charge in [-0.2, -0.15) is 5.10 Å². The molecule has 0 aliphatic rings. The number of amides is 2. The van der Waals surface area contributed by atoms with Gasteiger partial charge in [0.05, 0.1) is 6.21 Å². The van der Waals surface area contributed by atoms with Crippen LogP contribution in [-0.2, 0) is 9.59 Å². The maximum absolute atomic E-state index is 12.7.